The van der Waals surface area contributed by atoms with Gasteiger partial charge in [0, 0.05) is 11.8 Å². The molecule has 2 nitrogen and oxygen atoms in total. The smallest absolute Gasteiger partial charge is 0.202 e. The van der Waals surface area contributed by atoms with E-state index >= 15 is 0 Å². The second-order valence-corrected chi connectivity index (χ2v) is 6.86. The van der Waals surface area contributed by atoms with E-state index in [9.17, 15) is 4.79 Å². The third-order valence-electron chi connectivity index (χ3n) is 5.13. The first-order valence-electron chi connectivity index (χ1n) is 8.91. The number of hydrogen-bond donors (Lipinski definition) is 0. The van der Waals surface area contributed by atoms with Crippen molar-refractivity contribution in [2.45, 2.75) is 38.1 Å². The van der Waals surface area contributed by atoms with Gasteiger partial charge in [0.2, 0.25) is 5.78 Å². The summed E-state index contributed by atoms with van der Waals surface area (Å²) in [4.78, 5) is 15.3. The van der Waals surface area contributed by atoms with E-state index in [-0.39, 0.29) is 5.78 Å². The van der Waals surface area contributed by atoms with E-state index in [0.717, 1.165) is 24.1 Å². The fourth-order valence-corrected chi connectivity index (χ4v) is 3.73. The minimum atomic E-state index is -0.650. The Balaban J connectivity index is 1.84. The highest BCUT2D eigenvalue weighted by atomic mass is 16.1. The first kappa shape index (κ1) is 15.7. The summed E-state index contributed by atoms with van der Waals surface area (Å²) in [6.07, 6.45) is 14.7. The zero-order valence-corrected chi connectivity index (χ0v) is 14.5. The van der Waals surface area contributed by atoms with Crippen LogP contribution in [0.5, 0.6) is 0 Å². The summed E-state index contributed by atoms with van der Waals surface area (Å²) in [5.74, 6) is 6.48. The highest BCUT2D eigenvalue weighted by molar-refractivity contribution is 6.11. The van der Waals surface area contributed by atoms with Gasteiger partial charge in [0.05, 0.1) is 11.3 Å². The summed E-state index contributed by atoms with van der Waals surface area (Å²) in [5, 5.41) is 0. The summed E-state index contributed by atoms with van der Waals surface area (Å²) in [5.41, 5.74) is 3.21. The molecule has 0 N–H and O–H groups in total. The molecule has 0 bridgehead atoms. The molecule has 2 heterocycles. The highest BCUT2D eigenvalue weighted by Crippen LogP contribution is 2.42. The Kier molecular flexibility index (Phi) is 3.93. The number of fused-ring (bicyclic) bond motifs is 1. The molecule has 1 aromatic rings. The Morgan fingerprint density at radius 2 is 1.92 bits per heavy atom. The second kappa shape index (κ2) is 6.26. The van der Waals surface area contributed by atoms with Crippen LogP contribution < -0.4 is 0 Å². The van der Waals surface area contributed by atoms with Gasteiger partial charge in [-0.1, -0.05) is 48.3 Å². The summed E-state index contributed by atoms with van der Waals surface area (Å²) in [7, 11) is 0. The van der Waals surface area contributed by atoms with E-state index in [2.05, 4.69) is 22.8 Å². The third-order valence-corrected chi connectivity index (χ3v) is 5.13. The number of hydrogen-bond acceptors (Lipinski definition) is 2. The van der Waals surface area contributed by atoms with Gasteiger partial charge in [0.15, 0.2) is 0 Å². The Morgan fingerprint density at radius 1 is 1.08 bits per heavy atom. The van der Waals surface area contributed by atoms with Crippen LogP contribution in [-0.4, -0.2) is 16.2 Å². The van der Waals surface area contributed by atoms with Gasteiger partial charge < -0.3 is 4.90 Å². The van der Waals surface area contributed by atoms with Crippen molar-refractivity contribution in [3.05, 3.63) is 83.2 Å². The Labute approximate surface area is 149 Å². The molecular formula is C23H21NO. The van der Waals surface area contributed by atoms with Crippen LogP contribution in [0, 0.1) is 11.8 Å². The molecule has 0 amide bonds. The maximum absolute atomic E-state index is 13.2. The highest BCUT2D eigenvalue weighted by Gasteiger charge is 2.48. The fraction of sp³-hybridized carbons (Fsp3) is 0.261. The van der Waals surface area contributed by atoms with Crippen molar-refractivity contribution in [1.29, 1.82) is 0 Å². The van der Waals surface area contributed by atoms with E-state index < -0.39 is 5.54 Å². The average molecular weight is 327 g/mol. The molecule has 0 fully saturated rings. The molecule has 1 aromatic carbocycles. The molecule has 0 saturated carbocycles. The average Bonchev–Trinajstić information content (AvgIpc) is 2.89. The normalized spacial score (nSPS) is 24.8. The van der Waals surface area contributed by atoms with Crippen molar-refractivity contribution in [2.24, 2.45) is 0 Å². The standard InChI is InChI=1S/C23H21NO/c1-23-16-8-9-17-24(23)21(19-12-6-3-7-13-19)20(22(23)25)15-14-18-10-4-2-5-11-18/h2,4-5,8-12,16-17H,3,6-7,13H2,1H3. The zero-order chi connectivity index (χ0) is 17.3. The second-order valence-electron chi connectivity index (χ2n) is 6.86. The van der Waals surface area contributed by atoms with Crippen molar-refractivity contribution in [3.63, 3.8) is 0 Å². The van der Waals surface area contributed by atoms with Crippen LogP contribution in [-0.2, 0) is 4.79 Å². The minimum Gasteiger partial charge on any atom is -0.330 e. The van der Waals surface area contributed by atoms with Gasteiger partial charge in [0.25, 0.3) is 0 Å². The van der Waals surface area contributed by atoms with Crippen LogP contribution in [0.1, 0.15) is 38.2 Å². The maximum Gasteiger partial charge on any atom is 0.202 e. The molecule has 0 spiro atoms. The molecule has 124 valence electrons. The number of Topliss-reactive ketones (excluding diaryl/α,β-unsaturated/α-hetero) is 1. The predicted molar refractivity (Wildman–Crippen MR) is 100 cm³/mol. The number of benzene rings is 1. The quantitative estimate of drug-likeness (QED) is 0.707. The number of carbonyl (C=O) groups is 1. The van der Waals surface area contributed by atoms with E-state index in [1.807, 2.05) is 61.7 Å². The molecule has 3 aliphatic rings. The van der Waals surface area contributed by atoms with E-state index in [0.29, 0.717) is 5.57 Å². The van der Waals surface area contributed by atoms with Crippen molar-refractivity contribution in [2.75, 3.05) is 0 Å². The Hall–Kier alpha value is -2.79. The van der Waals surface area contributed by atoms with Gasteiger partial charge in [-0.05, 0) is 56.4 Å². The first-order valence-corrected chi connectivity index (χ1v) is 8.91. The molecule has 4 rings (SSSR count). The van der Waals surface area contributed by atoms with Crippen LogP contribution in [0.2, 0.25) is 0 Å². The van der Waals surface area contributed by atoms with Gasteiger partial charge in [-0.3, -0.25) is 4.79 Å². The summed E-state index contributed by atoms with van der Waals surface area (Å²) in [6.45, 7) is 1.98. The fourth-order valence-electron chi connectivity index (χ4n) is 3.73. The molecule has 2 heteroatoms. The molecule has 2 aliphatic heterocycles. The van der Waals surface area contributed by atoms with Gasteiger partial charge in [-0.15, -0.1) is 0 Å². The summed E-state index contributed by atoms with van der Waals surface area (Å²) < 4.78 is 0. The van der Waals surface area contributed by atoms with Crippen molar-refractivity contribution in [3.8, 4) is 11.8 Å². The molecule has 1 unspecified atom stereocenters. The maximum atomic E-state index is 13.2. The van der Waals surface area contributed by atoms with Crippen LogP contribution in [0.3, 0.4) is 0 Å². The van der Waals surface area contributed by atoms with Gasteiger partial charge in [-0.25, -0.2) is 0 Å². The molecule has 0 saturated heterocycles. The monoisotopic (exact) mass is 327 g/mol. The molecule has 1 atom stereocenters. The number of nitrogens with zero attached hydrogens (tertiary/aromatic N) is 1. The van der Waals surface area contributed by atoms with Crippen LogP contribution >= 0.6 is 0 Å². The van der Waals surface area contributed by atoms with Crippen LogP contribution in [0.15, 0.2) is 77.7 Å². The number of carbonyl (C=O) groups excluding carboxylic acids is 1. The number of rotatable bonds is 1. The van der Waals surface area contributed by atoms with Gasteiger partial charge in [0.1, 0.15) is 5.54 Å². The molecular weight excluding hydrogens is 306 g/mol. The largest absolute Gasteiger partial charge is 0.330 e. The minimum absolute atomic E-state index is 0.0954. The van der Waals surface area contributed by atoms with Crippen LogP contribution in [0.4, 0.5) is 0 Å². The van der Waals surface area contributed by atoms with Crippen LogP contribution in [0.25, 0.3) is 0 Å². The SMILES string of the molecule is CC12C=CC=CN1C(C1=CCCCC1)=C(C#Cc1ccccc1)C2=O. The topological polar surface area (TPSA) is 20.3 Å². The zero-order valence-electron chi connectivity index (χ0n) is 14.5. The summed E-state index contributed by atoms with van der Waals surface area (Å²) >= 11 is 0. The third kappa shape index (κ3) is 2.66. The molecule has 0 radical (unpaired) electrons. The Morgan fingerprint density at radius 3 is 2.68 bits per heavy atom. The van der Waals surface area contributed by atoms with Gasteiger partial charge in [-0.2, -0.15) is 0 Å². The van der Waals surface area contributed by atoms with Crippen molar-refractivity contribution >= 4 is 5.78 Å². The van der Waals surface area contributed by atoms with E-state index in [4.69, 9.17) is 0 Å². The lowest BCUT2D eigenvalue weighted by Gasteiger charge is -2.35. The molecule has 0 aromatic heterocycles. The Bertz CT molecular complexity index is 889. The lowest BCUT2D eigenvalue weighted by Crippen LogP contribution is -2.43. The first-order chi connectivity index (χ1) is 12.2. The van der Waals surface area contributed by atoms with Crippen molar-refractivity contribution < 1.29 is 4.79 Å². The van der Waals surface area contributed by atoms with E-state index in [1.165, 1.54) is 18.4 Å². The van der Waals surface area contributed by atoms with Crippen molar-refractivity contribution in [1.82, 2.24) is 4.90 Å². The number of allylic oxidation sites excluding steroid dienone is 4. The molecule has 25 heavy (non-hydrogen) atoms. The predicted octanol–water partition coefficient (Wildman–Crippen LogP) is 4.52. The lowest BCUT2D eigenvalue weighted by atomic mass is 9.92. The summed E-state index contributed by atoms with van der Waals surface area (Å²) in [6, 6.07) is 9.86. The number of ketones is 1. The lowest BCUT2D eigenvalue weighted by molar-refractivity contribution is -0.119. The van der Waals surface area contributed by atoms with Gasteiger partial charge >= 0.3 is 0 Å². The molecule has 1 aliphatic carbocycles. The van der Waals surface area contributed by atoms with E-state index in [1.54, 1.807) is 0 Å².